The summed E-state index contributed by atoms with van der Waals surface area (Å²) in [6.45, 7) is 7.91. The van der Waals surface area contributed by atoms with Gasteiger partial charge in [-0.3, -0.25) is 0 Å². The number of hydrogen-bond acceptors (Lipinski definition) is 5. The van der Waals surface area contributed by atoms with Gasteiger partial charge in [-0.05, 0) is 18.4 Å². The summed E-state index contributed by atoms with van der Waals surface area (Å²) in [4.78, 5) is 9.06. The van der Waals surface area contributed by atoms with E-state index in [1.165, 1.54) is 0 Å². The van der Waals surface area contributed by atoms with Crippen LogP contribution in [0.15, 0.2) is 40.7 Å². The van der Waals surface area contributed by atoms with E-state index in [2.05, 4.69) is 44.6 Å². The van der Waals surface area contributed by atoms with Crippen molar-refractivity contribution >= 4 is 27.3 Å². The van der Waals surface area contributed by atoms with E-state index >= 15 is 0 Å². The van der Waals surface area contributed by atoms with Crippen molar-refractivity contribution in [2.45, 2.75) is 39.8 Å². The van der Waals surface area contributed by atoms with E-state index in [9.17, 15) is 8.42 Å². The average molecular weight is 424 g/mol. The van der Waals surface area contributed by atoms with Gasteiger partial charge in [-0.2, -0.15) is 0 Å². The largest absolute Gasteiger partial charge is 0.357 e. The molecule has 0 atom stereocenters. The minimum Gasteiger partial charge on any atom is -0.357 e. The Labute approximate surface area is 171 Å². The van der Waals surface area contributed by atoms with Crippen LogP contribution in [0, 0.1) is 0 Å². The lowest BCUT2D eigenvalue weighted by Gasteiger charge is -2.12. The predicted molar refractivity (Wildman–Crippen MR) is 116 cm³/mol. The van der Waals surface area contributed by atoms with E-state index in [0.29, 0.717) is 31.5 Å². The summed E-state index contributed by atoms with van der Waals surface area (Å²) in [5.41, 5.74) is 2.00. The van der Waals surface area contributed by atoms with Gasteiger partial charge in [0.25, 0.3) is 0 Å². The van der Waals surface area contributed by atoms with Crippen molar-refractivity contribution in [2.75, 3.05) is 18.8 Å². The number of guanidine groups is 1. The van der Waals surface area contributed by atoms with Crippen molar-refractivity contribution in [1.82, 2.24) is 20.3 Å². The van der Waals surface area contributed by atoms with Gasteiger partial charge >= 0.3 is 0 Å². The lowest BCUT2D eigenvalue weighted by atomic mass is 10.2. The van der Waals surface area contributed by atoms with Crippen molar-refractivity contribution in [1.29, 1.82) is 0 Å². The highest BCUT2D eigenvalue weighted by molar-refractivity contribution is 7.89. The van der Waals surface area contributed by atoms with Gasteiger partial charge < -0.3 is 10.6 Å². The number of sulfonamides is 1. The molecule has 7 nitrogen and oxygen atoms in total. The van der Waals surface area contributed by atoms with Crippen LogP contribution in [0.4, 0.5) is 0 Å². The highest BCUT2D eigenvalue weighted by Crippen LogP contribution is 2.18. The molecule has 0 aliphatic carbocycles. The molecular weight excluding hydrogens is 394 g/mol. The molecule has 0 unspecified atom stereocenters. The maximum atomic E-state index is 12.2. The fourth-order valence-electron chi connectivity index (χ4n) is 2.32. The van der Waals surface area contributed by atoms with Crippen LogP contribution in [0.25, 0.3) is 0 Å². The van der Waals surface area contributed by atoms with E-state index in [0.717, 1.165) is 16.3 Å². The van der Waals surface area contributed by atoms with Crippen molar-refractivity contribution in [3.63, 3.8) is 0 Å². The molecule has 0 aliphatic rings. The van der Waals surface area contributed by atoms with Crippen molar-refractivity contribution in [3.8, 4) is 0 Å². The zero-order valence-electron chi connectivity index (χ0n) is 16.6. The lowest BCUT2D eigenvalue weighted by Crippen LogP contribution is -2.41. The SMILES string of the molecule is CCNC(=NCc1nc(C(C)C)cs1)NCCS(=O)(=O)NCc1ccccc1. The molecule has 0 fully saturated rings. The number of nitrogens with zero attached hydrogens (tertiary/aromatic N) is 2. The number of nitrogens with one attached hydrogen (secondary N) is 3. The zero-order chi connectivity index (χ0) is 20.4. The molecule has 154 valence electrons. The van der Waals surface area contributed by atoms with Crippen LogP contribution < -0.4 is 15.4 Å². The Balaban J connectivity index is 1.82. The third-order valence-corrected chi connectivity index (χ3v) is 6.06. The summed E-state index contributed by atoms with van der Waals surface area (Å²) < 4.78 is 27.0. The van der Waals surface area contributed by atoms with Crippen molar-refractivity contribution in [2.24, 2.45) is 4.99 Å². The van der Waals surface area contributed by atoms with Crippen molar-refractivity contribution < 1.29 is 8.42 Å². The molecule has 3 N–H and O–H groups in total. The maximum Gasteiger partial charge on any atom is 0.213 e. The number of aliphatic imine (C=N–C) groups is 1. The van der Waals surface area contributed by atoms with E-state index in [4.69, 9.17) is 0 Å². The fraction of sp³-hybridized carbons (Fsp3) is 0.474. The van der Waals surface area contributed by atoms with E-state index in [1.54, 1.807) is 11.3 Å². The Bertz CT molecular complexity index is 848. The van der Waals surface area contributed by atoms with Crippen molar-refractivity contribution in [3.05, 3.63) is 52.0 Å². The highest BCUT2D eigenvalue weighted by atomic mass is 32.2. The summed E-state index contributed by atoms with van der Waals surface area (Å²) in [5, 5.41) is 9.20. The quantitative estimate of drug-likeness (QED) is 0.403. The number of thiazole rings is 1. The number of rotatable bonds is 10. The second-order valence-electron chi connectivity index (χ2n) is 6.57. The molecular formula is C19H29N5O2S2. The maximum absolute atomic E-state index is 12.2. The summed E-state index contributed by atoms with van der Waals surface area (Å²) >= 11 is 1.59. The first-order valence-electron chi connectivity index (χ1n) is 9.37. The number of benzene rings is 1. The minimum absolute atomic E-state index is 0.0288. The molecule has 0 saturated heterocycles. The average Bonchev–Trinajstić information content (AvgIpc) is 3.15. The molecule has 1 aromatic heterocycles. The predicted octanol–water partition coefficient (Wildman–Crippen LogP) is 2.44. The van der Waals surface area contributed by atoms with E-state index in [-0.39, 0.29) is 12.3 Å². The van der Waals surface area contributed by atoms with Gasteiger partial charge in [-0.15, -0.1) is 11.3 Å². The Morgan fingerprint density at radius 1 is 1.21 bits per heavy atom. The van der Waals surface area contributed by atoms with Crippen LogP contribution in [-0.4, -0.2) is 38.2 Å². The summed E-state index contributed by atoms with van der Waals surface area (Å²) in [5.74, 6) is 0.954. The van der Waals surface area contributed by atoms with E-state index in [1.807, 2.05) is 37.3 Å². The van der Waals surface area contributed by atoms with Gasteiger partial charge in [0.2, 0.25) is 10.0 Å². The van der Waals surface area contributed by atoms with Gasteiger partial charge in [0.15, 0.2) is 5.96 Å². The molecule has 1 heterocycles. The van der Waals surface area contributed by atoms with Gasteiger partial charge in [0, 0.05) is 25.0 Å². The summed E-state index contributed by atoms with van der Waals surface area (Å²) in [7, 11) is -3.37. The second kappa shape index (κ2) is 11.1. The highest BCUT2D eigenvalue weighted by Gasteiger charge is 2.10. The standard InChI is InChI=1S/C19H29N5O2S2/c1-4-20-19(22-13-18-24-17(14-27-18)15(2)3)21-10-11-28(25,26)23-12-16-8-6-5-7-9-16/h5-9,14-15,23H,4,10-13H2,1-3H3,(H2,20,21,22). The Hall–Kier alpha value is -1.97. The normalized spacial score (nSPS) is 12.4. The van der Waals surface area contributed by atoms with Crippen LogP contribution in [0.2, 0.25) is 0 Å². The second-order valence-corrected chi connectivity index (χ2v) is 9.44. The van der Waals surface area contributed by atoms with Crippen LogP contribution in [0.1, 0.15) is 43.0 Å². The van der Waals surface area contributed by atoms with Gasteiger partial charge in [0.05, 0.1) is 18.0 Å². The number of hydrogen-bond donors (Lipinski definition) is 3. The molecule has 0 radical (unpaired) electrons. The third-order valence-electron chi connectivity index (χ3n) is 3.88. The molecule has 0 aliphatic heterocycles. The number of aromatic nitrogens is 1. The molecule has 0 amide bonds. The molecule has 0 bridgehead atoms. The molecule has 28 heavy (non-hydrogen) atoms. The molecule has 2 aromatic rings. The van der Waals surface area contributed by atoms with Crippen LogP contribution in [-0.2, 0) is 23.1 Å². The first-order chi connectivity index (χ1) is 13.4. The Kier molecular flexibility index (Phi) is 8.88. The Morgan fingerprint density at radius 3 is 2.61 bits per heavy atom. The summed E-state index contributed by atoms with van der Waals surface area (Å²) in [6, 6.07) is 9.45. The first kappa shape index (κ1) is 22.3. The van der Waals surface area contributed by atoms with E-state index < -0.39 is 10.0 Å². The molecule has 0 saturated carbocycles. The Morgan fingerprint density at radius 2 is 1.96 bits per heavy atom. The third kappa shape index (κ3) is 7.95. The van der Waals surface area contributed by atoms with Gasteiger partial charge in [0.1, 0.15) is 5.01 Å². The van der Waals surface area contributed by atoms with Crippen LogP contribution in [0.3, 0.4) is 0 Å². The molecule has 9 heteroatoms. The zero-order valence-corrected chi connectivity index (χ0v) is 18.2. The molecule has 1 aromatic carbocycles. The smallest absolute Gasteiger partial charge is 0.213 e. The first-order valence-corrected chi connectivity index (χ1v) is 11.9. The molecule has 0 spiro atoms. The molecule has 2 rings (SSSR count). The lowest BCUT2D eigenvalue weighted by molar-refractivity contribution is 0.580. The van der Waals surface area contributed by atoms with Gasteiger partial charge in [-0.1, -0.05) is 44.2 Å². The monoisotopic (exact) mass is 423 g/mol. The van der Waals surface area contributed by atoms with Crippen LogP contribution >= 0.6 is 11.3 Å². The summed E-state index contributed by atoms with van der Waals surface area (Å²) in [6.07, 6.45) is 0. The van der Waals surface area contributed by atoms with Gasteiger partial charge in [-0.25, -0.2) is 23.1 Å². The van der Waals surface area contributed by atoms with Crippen LogP contribution in [0.5, 0.6) is 0 Å². The topological polar surface area (TPSA) is 95.5 Å². The fourth-order valence-corrected chi connectivity index (χ4v) is 4.10. The minimum atomic E-state index is -3.37.